The molecular formula is C11H16N2O2S2. The highest BCUT2D eigenvalue weighted by molar-refractivity contribution is 7.99. The van der Waals surface area contributed by atoms with Crippen LogP contribution in [-0.2, 0) is 11.3 Å². The number of aliphatic carboxylic acids is 1. The quantitative estimate of drug-likeness (QED) is 0.906. The number of aromatic nitrogens is 1. The molecule has 4 nitrogen and oxygen atoms in total. The second-order valence-electron chi connectivity index (χ2n) is 4.16. The molecule has 0 radical (unpaired) electrons. The largest absolute Gasteiger partial charge is 0.481 e. The van der Waals surface area contributed by atoms with E-state index in [2.05, 4.69) is 9.88 Å². The predicted molar refractivity (Wildman–Crippen MR) is 70.6 cm³/mol. The molecule has 6 heteroatoms. The van der Waals surface area contributed by atoms with Crippen molar-refractivity contribution in [3.8, 4) is 0 Å². The molecule has 0 amide bonds. The summed E-state index contributed by atoms with van der Waals surface area (Å²) >= 11 is 3.51. The molecular weight excluding hydrogens is 256 g/mol. The van der Waals surface area contributed by atoms with E-state index in [9.17, 15) is 4.79 Å². The molecule has 1 aromatic rings. The minimum Gasteiger partial charge on any atom is -0.481 e. The third-order valence-corrected chi connectivity index (χ3v) is 4.96. The van der Waals surface area contributed by atoms with E-state index in [1.165, 1.54) is 4.88 Å². The Bertz CT molecular complexity index is 395. The maximum atomic E-state index is 10.8. The van der Waals surface area contributed by atoms with Gasteiger partial charge < -0.3 is 5.11 Å². The number of rotatable bonds is 4. The van der Waals surface area contributed by atoms with Crippen LogP contribution in [0.15, 0.2) is 5.51 Å². The third-order valence-electron chi connectivity index (χ3n) is 2.95. The predicted octanol–water partition coefficient (Wildman–Crippen LogP) is 1.84. The number of thioether (sulfide) groups is 1. The zero-order valence-electron chi connectivity index (χ0n) is 9.76. The van der Waals surface area contributed by atoms with Crippen LogP contribution in [0.2, 0.25) is 0 Å². The van der Waals surface area contributed by atoms with Gasteiger partial charge in [0.05, 0.1) is 17.6 Å². The van der Waals surface area contributed by atoms with E-state index in [0.29, 0.717) is 0 Å². The summed E-state index contributed by atoms with van der Waals surface area (Å²) in [4.78, 5) is 18.6. The molecule has 0 saturated carbocycles. The van der Waals surface area contributed by atoms with Crippen LogP contribution in [0.25, 0.3) is 0 Å². The maximum Gasteiger partial charge on any atom is 0.304 e. The van der Waals surface area contributed by atoms with E-state index in [-0.39, 0.29) is 12.5 Å². The normalized spacial score (nSPS) is 21.6. The fourth-order valence-electron chi connectivity index (χ4n) is 1.95. The first-order valence-corrected chi connectivity index (χ1v) is 7.63. The van der Waals surface area contributed by atoms with Crippen LogP contribution in [-0.4, -0.2) is 45.1 Å². The second kappa shape index (κ2) is 5.84. The number of hydrogen-bond acceptors (Lipinski definition) is 5. The zero-order valence-corrected chi connectivity index (χ0v) is 11.4. The van der Waals surface area contributed by atoms with Gasteiger partial charge in [-0.1, -0.05) is 0 Å². The van der Waals surface area contributed by atoms with Gasteiger partial charge in [-0.25, -0.2) is 4.98 Å². The van der Waals surface area contributed by atoms with Crippen molar-refractivity contribution in [2.75, 3.05) is 18.1 Å². The van der Waals surface area contributed by atoms with Crippen LogP contribution in [0.3, 0.4) is 0 Å². The first-order valence-electron chi connectivity index (χ1n) is 5.59. The molecule has 94 valence electrons. The van der Waals surface area contributed by atoms with E-state index >= 15 is 0 Å². The van der Waals surface area contributed by atoms with E-state index in [1.807, 2.05) is 24.2 Å². The van der Waals surface area contributed by atoms with Gasteiger partial charge in [-0.05, 0) is 6.92 Å². The fraction of sp³-hybridized carbons (Fsp3) is 0.636. The number of carboxylic acids is 1. The van der Waals surface area contributed by atoms with Gasteiger partial charge in [0, 0.05) is 35.5 Å². The first kappa shape index (κ1) is 12.9. The van der Waals surface area contributed by atoms with Gasteiger partial charge in [0.1, 0.15) is 0 Å². The SMILES string of the molecule is Cc1ncsc1CN1CCSCC1CC(=O)O. The summed E-state index contributed by atoms with van der Waals surface area (Å²) in [7, 11) is 0. The molecule has 1 aliphatic heterocycles. The van der Waals surface area contributed by atoms with E-state index < -0.39 is 5.97 Å². The average molecular weight is 272 g/mol. The van der Waals surface area contributed by atoms with Gasteiger partial charge in [0.2, 0.25) is 0 Å². The van der Waals surface area contributed by atoms with Gasteiger partial charge in [0.25, 0.3) is 0 Å². The molecule has 0 aliphatic carbocycles. The van der Waals surface area contributed by atoms with Crippen molar-refractivity contribution >= 4 is 29.1 Å². The van der Waals surface area contributed by atoms with Crippen molar-refractivity contribution in [2.24, 2.45) is 0 Å². The zero-order chi connectivity index (χ0) is 12.3. The van der Waals surface area contributed by atoms with E-state index in [1.54, 1.807) is 11.3 Å². The van der Waals surface area contributed by atoms with E-state index in [0.717, 1.165) is 30.3 Å². The molecule has 0 spiro atoms. The van der Waals surface area contributed by atoms with Crippen molar-refractivity contribution in [1.29, 1.82) is 0 Å². The lowest BCUT2D eigenvalue weighted by atomic mass is 10.2. The Morgan fingerprint density at radius 1 is 1.71 bits per heavy atom. The molecule has 0 aromatic carbocycles. The highest BCUT2D eigenvalue weighted by atomic mass is 32.2. The summed E-state index contributed by atoms with van der Waals surface area (Å²) in [5.74, 6) is 1.31. The topological polar surface area (TPSA) is 53.4 Å². The average Bonchev–Trinajstić information content (AvgIpc) is 2.67. The van der Waals surface area contributed by atoms with Crippen LogP contribution in [0.1, 0.15) is 17.0 Å². The Balaban J connectivity index is 2.01. The Hall–Kier alpha value is -0.590. The Morgan fingerprint density at radius 3 is 3.18 bits per heavy atom. The molecule has 1 aliphatic rings. The Morgan fingerprint density at radius 2 is 2.53 bits per heavy atom. The van der Waals surface area contributed by atoms with Crippen LogP contribution >= 0.6 is 23.1 Å². The fourth-order valence-corrected chi connectivity index (χ4v) is 3.88. The lowest BCUT2D eigenvalue weighted by Gasteiger charge is -2.34. The number of hydrogen-bond donors (Lipinski definition) is 1. The van der Waals surface area contributed by atoms with Crippen LogP contribution < -0.4 is 0 Å². The molecule has 0 bridgehead atoms. The smallest absolute Gasteiger partial charge is 0.304 e. The lowest BCUT2D eigenvalue weighted by Crippen LogP contribution is -2.42. The molecule has 1 unspecified atom stereocenters. The van der Waals surface area contributed by atoms with Crippen molar-refractivity contribution in [1.82, 2.24) is 9.88 Å². The summed E-state index contributed by atoms with van der Waals surface area (Å²) in [5.41, 5.74) is 2.93. The van der Waals surface area contributed by atoms with Gasteiger partial charge in [0.15, 0.2) is 0 Å². The lowest BCUT2D eigenvalue weighted by molar-refractivity contribution is -0.138. The number of aryl methyl sites for hydroxylation is 1. The number of thiazole rings is 1. The maximum absolute atomic E-state index is 10.8. The van der Waals surface area contributed by atoms with Crippen molar-refractivity contribution in [3.63, 3.8) is 0 Å². The third kappa shape index (κ3) is 3.43. The molecule has 1 atom stereocenters. The Kier molecular flexibility index (Phi) is 4.42. The molecule has 1 aromatic heterocycles. The van der Waals surface area contributed by atoms with Crippen molar-refractivity contribution in [2.45, 2.75) is 25.9 Å². The number of carbonyl (C=O) groups is 1. The highest BCUT2D eigenvalue weighted by Gasteiger charge is 2.25. The molecule has 2 heterocycles. The molecule has 2 rings (SSSR count). The van der Waals surface area contributed by atoms with Gasteiger partial charge >= 0.3 is 5.97 Å². The van der Waals surface area contributed by atoms with Crippen LogP contribution in [0.5, 0.6) is 0 Å². The minimum absolute atomic E-state index is 0.160. The summed E-state index contributed by atoms with van der Waals surface area (Å²) in [6.45, 7) is 3.83. The summed E-state index contributed by atoms with van der Waals surface area (Å²) in [6, 6.07) is 0.160. The highest BCUT2D eigenvalue weighted by Crippen LogP contribution is 2.23. The number of nitrogens with zero attached hydrogens (tertiary/aromatic N) is 2. The Labute approximate surface area is 109 Å². The first-order chi connectivity index (χ1) is 8.16. The molecule has 1 N–H and O–H groups in total. The standard InChI is InChI=1S/C11H16N2O2S2/c1-8-10(17-7-12-8)5-13-2-3-16-6-9(13)4-11(14)15/h7,9H,2-6H2,1H3,(H,14,15). The monoisotopic (exact) mass is 272 g/mol. The molecule has 1 fully saturated rings. The molecule has 17 heavy (non-hydrogen) atoms. The van der Waals surface area contributed by atoms with Crippen LogP contribution in [0.4, 0.5) is 0 Å². The van der Waals surface area contributed by atoms with Gasteiger partial charge in [-0.15, -0.1) is 11.3 Å². The second-order valence-corrected chi connectivity index (χ2v) is 6.25. The van der Waals surface area contributed by atoms with Crippen LogP contribution in [0, 0.1) is 6.92 Å². The van der Waals surface area contributed by atoms with Crippen molar-refractivity contribution in [3.05, 3.63) is 16.1 Å². The molecule has 1 saturated heterocycles. The summed E-state index contributed by atoms with van der Waals surface area (Å²) in [5, 5.41) is 8.92. The van der Waals surface area contributed by atoms with E-state index in [4.69, 9.17) is 5.11 Å². The number of carboxylic acid groups (broad SMARTS) is 1. The summed E-state index contributed by atoms with van der Waals surface area (Å²) in [6.07, 6.45) is 0.241. The summed E-state index contributed by atoms with van der Waals surface area (Å²) < 4.78 is 0. The minimum atomic E-state index is -0.705. The van der Waals surface area contributed by atoms with Gasteiger partial charge in [-0.3, -0.25) is 9.69 Å². The van der Waals surface area contributed by atoms with Gasteiger partial charge in [-0.2, -0.15) is 11.8 Å². The van der Waals surface area contributed by atoms with Crippen molar-refractivity contribution < 1.29 is 9.90 Å².